The Balaban J connectivity index is 2.64. The fourth-order valence-electron chi connectivity index (χ4n) is 1.66. The fourth-order valence-corrected chi connectivity index (χ4v) is 2.88. The summed E-state index contributed by atoms with van der Waals surface area (Å²) in [6, 6.07) is 0. The first-order valence-electron chi connectivity index (χ1n) is 6.00. The Morgan fingerprint density at radius 1 is 1.24 bits per heavy atom. The lowest BCUT2D eigenvalue weighted by Gasteiger charge is -2.18. The average molecular weight is 261 g/mol. The van der Waals surface area contributed by atoms with Crippen molar-refractivity contribution >= 4 is 13.5 Å². The van der Waals surface area contributed by atoms with Crippen molar-refractivity contribution in [1.82, 2.24) is 5.09 Å². The van der Waals surface area contributed by atoms with Gasteiger partial charge in [-0.3, -0.25) is 18.9 Å². The largest absolute Gasteiger partial charge is 0.432 e. The minimum Gasteiger partial charge on any atom is -0.299 e. The molecule has 1 rings (SSSR count). The standard InChI is InChI=1S/C11H20NO4P/c1-3-15-17(14,16-4-2)12-9-10-7-5-6-8-11(10)13/h9H,3-8H2,1-2H3,(H,12,14)/b10-9+. The van der Waals surface area contributed by atoms with Gasteiger partial charge in [-0.2, -0.15) is 0 Å². The first-order valence-corrected chi connectivity index (χ1v) is 7.54. The second kappa shape index (κ2) is 6.94. The quantitative estimate of drug-likeness (QED) is 0.588. The van der Waals surface area contributed by atoms with E-state index in [1.54, 1.807) is 13.8 Å². The van der Waals surface area contributed by atoms with Crippen LogP contribution in [-0.4, -0.2) is 19.0 Å². The van der Waals surface area contributed by atoms with E-state index in [4.69, 9.17) is 9.05 Å². The lowest BCUT2D eigenvalue weighted by Crippen LogP contribution is -2.14. The number of hydrogen-bond acceptors (Lipinski definition) is 4. The summed E-state index contributed by atoms with van der Waals surface area (Å²) in [5.41, 5.74) is 0.677. The smallest absolute Gasteiger partial charge is 0.299 e. The van der Waals surface area contributed by atoms with Gasteiger partial charge >= 0.3 is 7.75 Å². The maximum absolute atomic E-state index is 12.1. The number of ketones is 1. The summed E-state index contributed by atoms with van der Waals surface area (Å²) in [5, 5.41) is 2.63. The van der Waals surface area contributed by atoms with Crippen LogP contribution in [0.1, 0.15) is 39.5 Å². The van der Waals surface area contributed by atoms with Crippen molar-refractivity contribution in [3.8, 4) is 0 Å². The molecular formula is C11H20NO4P. The molecule has 1 saturated carbocycles. The molecule has 0 aromatic heterocycles. The van der Waals surface area contributed by atoms with Crippen LogP contribution in [0, 0.1) is 0 Å². The molecule has 0 aromatic rings. The molecular weight excluding hydrogens is 241 g/mol. The molecule has 6 heteroatoms. The summed E-state index contributed by atoms with van der Waals surface area (Å²) in [6.45, 7) is 4.07. The summed E-state index contributed by atoms with van der Waals surface area (Å²) in [5.74, 6) is 0.114. The molecule has 0 bridgehead atoms. The van der Waals surface area contributed by atoms with Crippen molar-refractivity contribution in [3.05, 3.63) is 11.8 Å². The number of carbonyl (C=O) groups excluding carboxylic acids is 1. The van der Waals surface area contributed by atoms with Gasteiger partial charge in [-0.05, 0) is 33.1 Å². The van der Waals surface area contributed by atoms with Crippen LogP contribution in [0.5, 0.6) is 0 Å². The Labute approximate surface area is 102 Å². The number of carbonyl (C=O) groups is 1. The van der Waals surface area contributed by atoms with E-state index >= 15 is 0 Å². The monoisotopic (exact) mass is 261 g/mol. The molecule has 0 amide bonds. The zero-order valence-electron chi connectivity index (χ0n) is 10.4. The zero-order chi connectivity index (χ0) is 12.7. The average Bonchev–Trinajstić information content (AvgIpc) is 2.29. The normalized spacial score (nSPS) is 19.6. The fraction of sp³-hybridized carbons (Fsp3) is 0.727. The summed E-state index contributed by atoms with van der Waals surface area (Å²) in [4.78, 5) is 11.5. The van der Waals surface area contributed by atoms with E-state index in [1.165, 1.54) is 6.20 Å². The van der Waals surface area contributed by atoms with E-state index in [2.05, 4.69) is 5.09 Å². The maximum Gasteiger partial charge on any atom is 0.432 e. The molecule has 1 fully saturated rings. The second-order valence-corrected chi connectivity index (χ2v) is 5.53. The Bertz CT molecular complexity index is 330. The molecule has 1 aliphatic rings. The molecule has 1 N–H and O–H groups in total. The van der Waals surface area contributed by atoms with Gasteiger partial charge in [-0.1, -0.05) is 0 Å². The number of allylic oxidation sites excluding steroid dienone is 1. The first-order chi connectivity index (χ1) is 8.11. The first kappa shape index (κ1) is 14.4. The lowest BCUT2D eigenvalue weighted by atomic mass is 9.94. The Hall–Kier alpha value is -0.640. The van der Waals surface area contributed by atoms with Gasteiger partial charge in [-0.25, -0.2) is 4.57 Å². The van der Waals surface area contributed by atoms with Gasteiger partial charge in [0.05, 0.1) is 13.2 Å². The predicted octanol–water partition coefficient (Wildman–Crippen LogP) is 2.78. The van der Waals surface area contributed by atoms with Crippen LogP contribution >= 0.6 is 7.75 Å². The molecule has 5 nitrogen and oxygen atoms in total. The predicted molar refractivity (Wildman–Crippen MR) is 65.6 cm³/mol. The van der Waals surface area contributed by atoms with Crippen molar-refractivity contribution in [2.45, 2.75) is 39.5 Å². The van der Waals surface area contributed by atoms with Crippen LogP contribution in [-0.2, 0) is 18.4 Å². The highest BCUT2D eigenvalue weighted by Crippen LogP contribution is 2.43. The van der Waals surface area contributed by atoms with Crippen molar-refractivity contribution in [2.75, 3.05) is 13.2 Å². The van der Waals surface area contributed by atoms with Gasteiger partial charge in [0, 0.05) is 18.2 Å². The van der Waals surface area contributed by atoms with Gasteiger partial charge in [0.15, 0.2) is 5.78 Å². The van der Waals surface area contributed by atoms with Gasteiger partial charge in [0.2, 0.25) is 0 Å². The zero-order valence-corrected chi connectivity index (χ0v) is 11.3. The summed E-state index contributed by atoms with van der Waals surface area (Å²) >= 11 is 0. The number of hydrogen-bond donors (Lipinski definition) is 1. The van der Waals surface area contributed by atoms with Gasteiger partial charge in [0.1, 0.15) is 0 Å². The van der Waals surface area contributed by atoms with Crippen LogP contribution in [0.3, 0.4) is 0 Å². The van der Waals surface area contributed by atoms with Gasteiger partial charge < -0.3 is 0 Å². The van der Waals surface area contributed by atoms with Crippen LogP contribution in [0.4, 0.5) is 0 Å². The topological polar surface area (TPSA) is 64.6 Å². The minimum absolute atomic E-state index is 0.114. The third kappa shape index (κ3) is 4.62. The van der Waals surface area contributed by atoms with E-state index in [0.29, 0.717) is 25.2 Å². The highest BCUT2D eigenvalue weighted by molar-refractivity contribution is 7.51. The van der Waals surface area contributed by atoms with Gasteiger partial charge in [-0.15, -0.1) is 0 Å². The number of nitrogens with one attached hydrogen (secondary N) is 1. The number of rotatable bonds is 6. The summed E-state index contributed by atoms with van der Waals surface area (Å²) in [6.07, 6.45) is 4.72. The van der Waals surface area contributed by atoms with Crippen molar-refractivity contribution in [3.63, 3.8) is 0 Å². The lowest BCUT2D eigenvalue weighted by molar-refractivity contribution is -0.116. The summed E-state index contributed by atoms with van der Waals surface area (Å²) < 4.78 is 22.2. The molecule has 17 heavy (non-hydrogen) atoms. The number of Topliss-reactive ketones (excluding diaryl/α,β-unsaturated/α-hetero) is 1. The Kier molecular flexibility index (Phi) is 5.89. The van der Waals surface area contributed by atoms with Gasteiger partial charge in [0.25, 0.3) is 0 Å². The SMILES string of the molecule is CCOP(=O)(N/C=C1\CCCCC1=O)OCC. The third-order valence-electron chi connectivity index (χ3n) is 2.45. The molecule has 0 radical (unpaired) electrons. The second-order valence-electron chi connectivity index (χ2n) is 3.76. The molecule has 0 aliphatic heterocycles. The van der Waals surface area contributed by atoms with Crippen LogP contribution in [0.15, 0.2) is 11.8 Å². The van der Waals surface area contributed by atoms with E-state index in [1.807, 2.05) is 0 Å². The highest BCUT2D eigenvalue weighted by atomic mass is 31.2. The van der Waals surface area contributed by atoms with E-state index in [9.17, 15) is 9.36 Å². The summed E-state index contributed by atoms with van der Waals surface area (Å²) in [7, 11) is -3.29. The van der Waals surface area contributed by atoms with E-state index < -0.39 is 7.75 Å². The van der Waals surface area contributed by atoms with Crippen LogP contribution in [0.25, 0.3) is 0 Å². The molecule has 0 spiro atoms. The van der Waals surface area contributed by atoms with Crippen molar-refractivity contribution < 1.29 is 18.4 Å². The molecule has 1 aliphatic carbocycles. The molecule has 0 atom stereocenters. The van der Waals surface area contributed by atoms with E-state index in [0.717, 1.165) is 19.3 Å². The van der Waals surface area contributed by atoms with Crippen molar-refractivity contribution in [2.24, 2.45) is 0 Å². The molecule has 98 valence electrons. The molecule has 0 saturated heterocycles. The van der Waals surface area contributed by atoms with Crippen molar-refractivity contribution in [1.29, 1.82) is 0 Å². The Morgan fingerprint density at radius 2 is 1.82 bits per heavy atom. The molecule has 0 unspecified atom stereocenters. The van der Waals surface area contributed by atoms with Crippen LogP contribution < -0.4 is 5.09 Å². The van der Waals surface area contributed by atoms with E-state index in [-0.39, 0.29) is 5.78 Å². The minimum atomic E-state index is -3.29. The van der Waals surface area contributed by atoms with Crippen LogP contribution in [0.2, 0.25) is 0 Å². The Morgan fingerprint density at radius 3 is 2.35 bits per heavy atom. The third-order valence-corrected chi connectivity index (χ3v) is 4.09. The molecule has 0 heterocycles. The highest BCUT2D eigenvalue weighted by Gasteiger charge is 2.23. The maximum atomic E-state index is 12.1. The molecule has 0 aromatic carbocycles.